The number of aromatic nitrogens is 3. The first-order valence-corrected chi connectivity index (χ1v) is 11.6. The van der Waals surface area contributed by atoms with Crippen molar-refractivity contribution < 1.29 is 14.3 Å². The second kappa shape index (κ2) is 9.79. The number of benzene rings is 3. The number of carbonyl (C=O) groups excluding carboxylic acids is 1. The third-order valence-corrected chi connectivity index (χ3v) is 6.00. The second-order valence-corrected chi connectivity index (χ2v) is 8.41. The van der Waals surface area contributed by atoms with Gasteiger partial charge in [-0.25, -0.2) is 0 Å². The van der Waals surface area contributed by atoms with Crippen molar-refractivity contribution in [2.75, 3.05) is 24.3 Å². The Labute approximate surface area is 195 Å². The average Bonchev–Trinajstić information content (AvgIpc) is 3.29. The number of para-hydroxylation sites is 1. The topological polar surface area (TPSA) is 78.3 Å². The third kappa shape index (κ3) is 4.85. The van der Waals surface area contributed by atoms with Gasteiger partial charge in [0.25, 0.3) is 0 Å². The largest absolute Gasteiger partial charge is 0.486 e. The van der Waals surface area contributed by atoms with Crippen molar-refractivity contribution in [3.63, 3.8) is 0 Å². The Bertz CT molecular complexity index is 1250. The summed E-state index contributed by atoms with van der Waals surface area (Å²) in [5, 5.41) is 12.5. The van der Waals surface area contributed by atoms with Crippen LogP contribution in [-0.2, 0) is 4.79 Å². The summed E-state index contributed by atoms with van der Waals surface area (Å²) in [7, 11) is 0. The zero-order valence-electron chi connectivity index (χ0n) is 17.8. The lowest BCUT2D eigenvalue weighted by Crippen LogP contribution is -2.16. The molecule has 0 saturated carbocycles. The molecule has 0 saturated heterocycles. The molecule has 1 aromatic heterocycles. The number of hydrogen-bond donors (Lipinski definition) is 1. The quantitative estimate of drug-likeness (QED) is 0.400. The summed E-state index contributed by atoms with van der Waals surface area (Å²) in [6.45, 7) is 1.05. The molecule has 0 atom stereocenters. The van der Waals surface area contributed by atoms with Crippen LogP contribution in [0, 0.1) is 0 Å². The standard InChI is InChI=1S/C25H22N4O3S/c30-23(26-19-11-12-21-22(17-19)32-15-14-31-21)13-16-33-25-28-27-24(18-7-3-1-4-8-18)29(25)20-9-5-2-6-10-20/h1-12,17H,13-16H2,(H,26,30). The molecule has 4 aromatic rings. The molecular weight excluding hydrogens is 436 g/mol. The van der Waals surface area contributed by atoms with Gasteiger partial charge in [0.1, 0.15) is 13.2 Å². The van der Waals surface area contributed by atoms with Crippen molar-refractivity contribution >= 4 is 23.4 Å². The molecule has 3 aromatic carbocycles. The lowest BCUT2D eigenvalue weighted by Gasteiger charge is -2.19. The molecule has 1 N–H and O–H groups in total. The summed E-state index contributed by atoms with van der Waals surface area (Å²) in [5.74, 6) is 2.61. The number of thioether (sulfide) groups is 1. The van der Waals surface area contributed by atoms with Crippen LogP contribution in [0.25, 0.3) is 17.1 Å². The Hall–Kier alpha value is -3.78. The highest BCUT2D eigenvalue weighted by Gasteiger charge is 2.17. The highest BCUT2D eigenvalue weighted by atomic mass is 32.2. The Morgan fingerprint density at radius 2 is 1.64 bits per heavy atom. The van der Waals surface area contributed by atoms with E-state index in [0.29, 0.717) is 42.6 Å². The molecule has 0 unspecified atom stereocenters. The fraction of sp³-hybridized carbons (Fsp3) is 0.160. The van der Waals surface area contributed by atoms with Crippen LogP contribution in [0.2, 0.25) is 0 Å². The molecule has 7 nitrogen and oxygen atoms in total. The Morgan fingerprint density at radius 1 is 0.909 bits per heavy atom. The zero-order valence-corrected chi connectivity index (χ0v) is 18.6. The van der Waals surface area contributed by atoms with Gasteiger partial charge in [0.05, 0.1) is 0 Å². The molecule has 0 fully saturated rings. The molecule has 33 heavy (non-hydrogen) atoms. The van der Waals surface area contributed by atoms with Crippen LogP contribution in [0.4, 0.5) is 5.69 Å². The number of nitrogens with one attached hydrogen (secondary N) is 1. The first kappa shape index (κ1) is 21.1. The van der Waals surface area contributed by atoms with Crippen LogP contribution in [0.1, 0.15) is 6.42 Å². The van der Waals surface area contributed by atoms with Crippen LogP contribution in [0.5, 0.6) is 11.5 Å². The van der Waals surface area contributed by atoms with Gasteiger partial charge in [0.15, 0.2) is 22.5 Å². The number of rotatable bonds is 7. The van der Waals surface area contributed by atoms with E-state index in [1.54, 1.807) is 6.07 Å². The summed E-state index contributed by atoms with van der Waals surface area (Å²) in [4.78, 5) is 12.5. The highest BCUT2D eigenvalue weighted by molar-refractivity contribution is 7.99. The van der Waals surface area contributed by atoms with Crippen molar-refractivity contribution in [1.82, 2.24) is 14.8 Å². The smallest absolute Gasteiger partial charge is 0.225 e. The summed E-state index contributed by atoms with van der Waals surface area (Å²) in [5.41, 5.74) is 2.65. The van der Waals surface area contributed by atoms with Gasteiger partial charge in [-0.15, -0.1) is 10.2 Å². The van der Waals surface area contributed by atoms with Gasteiger partial charge in [-0.2, -0.15) is 0 Å². The number of fused-ring (bicyclic) bond motifs is 1. The van der Waals surface area contributed by atoms with Crippen molar-refractivity contribution in [3.05, 3.63) is 78.9 Å². The Balaban J connectivity index is 1.27. The molecule has 2 heterocycles. The lowest BCUT2D eigenvalue weighted by molar-refractivity contribution is -0.115. The number of ether oxygens (including phenoxy) is 2. The number of hydrogen-bond acceptors (Lipinski definition) is 6. The minimum Gasteiger partial charge on any atom is -0.486 e. The predicted molar refractivity (Wildman–Crippen MR) is 128 cm³/mol. The van der Waals surface area contributed by atoms with E-state index in [2.05, 4.69) is 15.5 Å². The normalized spacial score (nSPS) is 12.4. The van der Waals surface area contributed by atoms with Crippen molar-refractivity contribution in [3.8, 4) is 28.6 Å². The maximum absolute atomic E-state index is 12.5. The maximum Gasteiger partial charge on any atom is 0.225 e. The van der Waals surface area contributed by atoms with Crippen molar-refractivity contribution in [2.24, 2.45) is 0 Å². The molecule has 1 aliphatic heterocycles. The maximum atomic E-state index is 12.5. The van der Waals surface area contributed by atoms with E-state index in [1.807, 2.05) is 77.4 Å². The van der Waals surface area contributed by atoms with Gasteiger partial charge in [-0.1, -0.05) is 60.3 Å². The molecule has 1 aliphatic rings. The average molecular weight is 459 g/mol. The SMILES string of the molecule is O=C(CCSc1nnc(-c2ccccc2)n1-c1ccccc1)Nc1ccc2c(c1)OCCO2. The molecular formula is C25H22N4O3S. The number of nitrogens with zero attached hydrogens (tertiary/aromatic N) is 3. The molecule has 0 radical (unpaired) electrons. The predicted octanol–water partition coefficient (Wildman–Crippen LogP) is 4.83. The van der Waals surface area contributed by atoms with Gasteiger partial charge in [-0.05, 0) is 24.3 Å². The minimum atomic E-state index is -0.0757. The summed E-state index contributed by atoms with van der Waals surface area (Å²) in [6.07, 6.45) is 0.335. The van der Waals surface area contributed by atoms with Crippen LogP contribution in [0.15, 0.2) is 84.0 Å². The molecule has 166 valence electrons. The van der Waals surface area contributed by atoms with E-state index in [-0.39, 0.29) is 5.91 Å². The fourth-order valence-electron chi connectivity index (χ4n) is 3.53. The van der Waals surface area contributed by atoms with E-state index in [4.69, 9.17) is 9.47 Å². The molecule has 0 aliphatic carbocycles. The molecule has 0 bridgehead atoms. The van der Waals surface area contributed by atoms with Gasteiger partial charge in [0.2, 0.25) is 5.91 Å². The number of carbonyl (C=O) groups is 1. The van der Waals surface area contributed by atoms with Crippen LogP contribution >= 0.6 is 11.8 Å². The van der Waals surface area contributed by atoms with Gasteiger partial charge in [0, 0.05) is 35.2 Å². The molecule has 0 spiro atoms. The molecule has 1 amide bonds. The summed E-state index contributed by atoms with van der Waals surface area (Å²) < 4.78 is 13.1. The van der Waals surface area contributed by atoms with Gasteiger partial charge < -0.3 is 14.8 Å². The van der Waals surface area contributed by atoms with Gasteiger partial charge in [-0.3, -0.25) is 9.36 Å². The van der Waals surface area contributed by atoms with Crippen LogP contribution in [-0.4, -0.2) is 39.6 Å². The third-order valence-electron chi connectivity index (χ3n) is 5.07. The monoisotopic (exact) mass is 458 g/mol. The first-order chi connectivity index (χ1) is 16.3. The van der Waals surface area contributed by atoms with Crippen molar-refractivity contribution in [1.29, 1.82) is 0 Å². The Kier molecular flexibility index (Phi) is 6.25. The van der Waals surface area contributed by atoms with Crippen LogP contribution in [0.3, 0.4) is 0 Å². The van der Waals surface area contributed by atoms with Crippen molar-refractivity contribution in [2.45, 2.75) is 11.6 Å². The van der Waals surface area contributed by atoms with E-state index in [1.165, 1.54) is 11.8 Å². The van der Waals surface area contributed by atoms with Gasteiger partial charge >= 0.3 is 0 Å². The summed E-state index contributed by atoms with van der Waals surface area (Å²) in [6, 6.07) is 25.4. The minimum absolute atomic E-state index is 0.0757. The fourth-order valence-corrected chi connectivity index (χ4v) is 4.42. The number of amides is 1. The summed E-state index contributed by atoms with van der Waals surface area (Å²) >= 11 is 1.50. The molecule has 5 rings (SSSR count). The zero-order chi connectivity index (χ0) is 22.5. The van der Waals surface area contributed by atoms with E-state index >= 15 is 0 Å². The lowest BCUT2D eigenvalue weighted by atomic mass is 10.2. The molecule has 8 heteroatoms. The van der Waals surface area contributed by atoms with Crippen LogP contribution < -0.4 is 14.8 Å². The Morgan fingerprint density at radius 3 is 2.42 bits per heavy atom. The first-order valence-electron chi connectivity index (χ1n) is 10.7. The van der Waals surface area contributed by atoms with E-state index in [0.717, 1.165) is 22.2 Å². The second-order valence-electron chi connectivity index (χ2n) is 7.35. The van der Waals surface area contributed by atoms with E-state index in [9.17, 15) is 4.79 Å². The number of anilines is 1. The highest BCUT2D eigenvalue weighted by Crippen LogP contribution is 2.33. The van der Waals surface area contributed by atoms with E-state index < -0.39 is 0 Å².